The minimum Gasteiger partial charge on any atom is -0.369 e. The first kappa shape index (κ1) is 23.5. The van der Waals surface area contributed by atoms with Gasteiger partial charge < -0.3 is 10.2 Å². The molecule has 3 rings (SSSR count). The third-order valence-corrected chi connectivity index (χ3v) is 7.44. The molecule has 1 aliphatic rings. The number of rotatable bonds is 8. The van der Waals surface area contributed by atoms with Crippen molar-refractivity contribution in [3.05, 3.63) is 59.1 Å². The van der Waals surface area contributed by atoms with E-state index in [-0.39, 0.29) is 21.4 Å². The number of carbonyl (C=O) groups excluding carboxylic acids is 1. The second-order valence-corrected chi connectivity index (χ2v) is 9.47. The van der Waals surface area contributed by atoms with E-state index in [4.69, 9.17) is 16.4 Å². The van der Waals surface area contributed by atoms with Crippen molar-refractivity contribution in [2.24, 2.45) is 0 Å². The van der Waals surface area contributed by atoms with Crippen LogP contribution in [-0.4, -0.2) is 77.1 Å². The summed E-state index contributed by atoms with van der Waals surface area (Å²) in [6.07, 6.45) is 0. The molecule has 0 unspecified atom stereocenters. The molecule has 1 fully saturated rings. The van der Waals surface area contributed by atoms with Gasteiger partial charge in [0.2, 0.25) is 0 Å². The van der Waals surface area contributed by atoms with Gasteiger partial charge in [0.15, 0.2) is 0 Å². The summed E-state index contributed by atoms with van der Waals surface area (Å²) in [5, 5.41) is 2.88. The SMILES string of the molecule is CON(C)S(=O)(=O)c1cc(C(=O)NCCN2CCN(c3ccccc3)CC2)ccc1Cl. The summed E-state index contributed by atoms with van der Waals surface area (Å²) in [5.74, 6) is -0.351. The van der Waals surface area contributed by atoms with Gasteiger partial charge in [-0.3, -0.25) is 14.5 Å². The van der Waals surface area contributed by atoms with Gasteiger partial charge in [0.1, 0.15) is 4.90 Å². The van der Waals surface area contributed by atoms with Crippen LogP contribution in [0.4, 0.5) is 5.69 Å². The van der Waals surface area contributed by atoms with Gasteiger partial charge in [-0.05, 0) is 30.3 Å². The molecule has 0 spiro atoms. The molecule has 1 N–H and O–H groups in total. The number of hydroxylamine groups is 1. The monoisotopic (exact) mass is 466 g/mol. The Morgan fingerprint density at radius 3 is 2.45 bits per heavy atom. The van der Waals surface area contributed by atoms with Crippen molar-refractivity contribution in [3.8, 4) is 0 Å². The second kappa shape index (κ2) is 10.4. The average molecular weight is 467 g/mol. The lowest BCUT2D eigenvalue weighted by molar-refractivity contribution is -0.0258. The van der Waals surface area contributed by atoms with Gasteiger partial charge >= 0.3 is 0 Å². The smallest absolute Gasteiger partial charge is 0.266 e. The van der Waals surface area contributed by atoms with E-state index in [1.165, 1.54) is 38.0 Å². The van der Waals surface area contributed by atoms with Crippen LogP contribution in [0.25, 0.3) is 0 Å². The summed E-state index contributed by atoms with van der Waals surface area (Å²) in [6, 6.07) is 14.5. The molecule has 0 aliphatic carbocycles. The van der Waals surface area contributed by atoms with Crippen LogP contribution in [0, 0.1) is 0 Å². The Labute approximate surface area is 188 Å². The predicted molar refractivity (Wildman–Crippen MR) is 121 cm³/mol. The maximum Gasteiger partial charge on any atom is 0.266 e. The van der Waals surface area contributed by atoms with Crippen molar-refractivity contribution < 1.29 is 18.0 Å². The van der Waals surface area contributed by atoms with Crippen molar-refractivity contribution in [2.45, 2.75) is 4.90 Å². The number of nitrogens with zero attached hydrogens (tertiary/aromatic N) is 3. The van der Waals surface area contributed by atoms with Crippen LogP contribution in [0.3, 0.4) is 0 Å². The number of anilines is 1. The number of piperazine rings is 1. The van der Waals surface area contributed by atoms with Crippen molar-refractivity contribution in [3.63, 3.8) is 0 Å². The van der Waals surface area contributed by atoms with Crippen LogP contribution in [-0.2, 0) is 14.9 Å². The zero-order valence-corrected chi connectivity index (χ0v) is 19.2. The highest BCUT2D eigenvalue weighted by atomic mass is 35.5. The fraction of sp³-hybridized carbons (Fsp3) is 0.381. The summed E-state index contributed by atoms with van der Waals surface area (Å²) in [7, 11) is -1.46. The summed E-state index contributed by atoms with van der Waals surface area (Å²) in [6.45, 7) is 4.88. The van der Waals surface area contributed by atoms with E-state index in [0.29, 0.717) is 11.0 Å². The molecule has 1 heterocycles. The van der Waals surface area contributed by atoms with Gasteiger partial charge in [-0.15, -0.1) is 0 Å². The molecule has 0 aromatic heterocycles. The number of hydrogen-bond acceptors (Lipinski definition) is 6. The molecule has 31 heavy (non-hydrogen) atoms. The van der Waals surface area contributed by atoms with E-state index >= 15 is 0 Å². The normalized spacial score (nSPS) is 15.3. The molecular formula is C21H27ClN4O4S. The third kappa shape index (κ3) is 5.75. The third-order valence-electron chi connectivity index (χ3n) is 5.27. The Bertz CT molecular complexity index is 996. The lowest BCUT2D eigenvalue weighted by atomic mass is 10.2. The molecule has 1 saturated heterocycles. The molecule has 2 aromatic carbocycles. The summed E-state index contributed by atoms with van der Waals surface area (Å²) < 4.78 is 25.7. The first-order chi connectivity index (χ1) is 14.8. The van der Waals surface area contributed by atoms with Crippen molar-refractivity contribution in [1.29, 1.82) is 0 Å². The van der Waals surface area contributed by atoms with Gasteiger partial charge in [0.25, 0.3) is 15.9 Å². The van der Waals surface area contributed by atoms with Crippen LogP contribution in [0.1, 0.15) is 10.4 Å². The number of amides is 1. The van der Waals surface area contributed by atoms with E-state index in [2.05, 4.69) is 27.2 Å². The Hall–Kier alpha value is -2.17. The number of nitrogens with one attached hydrogen (secondary N) is 1. The summed E-state index contributed by atoms with van der Waals surface area (Å²) in [5.41, 5.74) is 1.45. The molecule has 0 radical (unpaired) electrons. The lowest BCUT2D eigenvalue weighted by Crippen LogP contribution is -2.48. The first-order valence-corrected chi connectivity index (χ1v) is 11.8. The number of sulfonamides is 1. The molecule has 1 amide bonds. The zero-order chi connectivity index (χ0) is 22.4. The van der Waals surface area contributed by atoms with Crippen LogP contribution >= 0.6 is 11.6 Å². The number of hydrogen-bond donors (Lipinski definition) is 1. The Balaban J connectivity index is 1.52. The van der Waals surface area contributed by atoms with Gasteiger partial charge in [-0.1, -0.05) is 34.3 Å². The number of para-hydroxylation sites is 1. The molecule has 1 aliphatic heterocycles. The van der Waals surface area contributed by atoms with E-state index in [0.717, 1.165) is 32.7 Å². The Morgan fingerprint density at radius 2 is 1.81 bits per heavy atom. The maximum atomic E-state index is 12.5. The van der Waals surface area contributed by atoms with Crippen molar-refractivity contribution in [1.82, 2.24) is 14.7 Å². The van der Waals surface area contributed by atoms with E-state index in [1.54, 1.807) is 0 Å². The van der Waals surface area contributed by atoms with E-state index in [1.807, 2.05) is 18.2 Å². The lowest BCUT2D eigenvalue weighted by Gasteiger charge is -2.36. The molecule has 2 aromatic rings. The van der Waals surface area contributed by atoms with Gasteiger partial charge in [-0.25, -0.2) is 8.42 Å². The standard InChI is InChI=1S/C21H27ClN4O4S/c1-24(30-2)31(28,29)20-16-17(8-9-19(20)22)21(27)23-10-11-25-12-14-26(15-13-25)18-6-4-3-5-7-18/h3-9,16H,10-15H2,1-2H3,(H,23,27). The molecule has 0 saturated carbocycles. The topological polar surface area (TPSA) is 82.2 Å². The molecule has 10 heteroatoms. The first-order valence-electron chi connectivity index (χ1n) is 9.96. The fourth-order valence-corrected chi connectivity index (χ4v) is 4.85. The molecule has 0 bridgehead atoms. The van der Waals surface area contributed by atoms with Crippen LogP contribution < -0.4 is 10.2 Å². The molecule has 0 atom stereocenters. The molecule has 8 nitrogen and oxygen atoms in total. The van der Waals surface area contributed by atoms with Crippen LogP contribution in [0.5, 0.6) is 0 Å². The highest BCUT2D eigenvalue weighted by Crippen LogP contribution is 2.25. The quantitative estimate of drug-likeness (QED) is 0.600. The predicted octanol–water partition coefficient (Wildman–Crippen LogP) is 2.07. The van der Waals surface area contributed by atoms with E-state index in [9.17, 15) is 13.2 Å². The fourth-order valence-electron chi connectivity index (χ4n) is 3.38. The van der Waals surface area contributed by atoms with Crippen molar-refractivity contribution >= 4 is 33.2 Å². The van der Waals surface area contributed by atoms with Crippen LogP contribution in [0.2, 0.25) is 5.02 Å². The minimum absolute atomic E-state index is 0.0248. The highest BCUT2D eigenvalue weighted by Gasteiger charge is 2.25. The van der Waals surface area contributed by atoms with Crippen molar-refractivity contribution in [2.75, 3.05) is 58.3 Å². The van der Waals surface area contributed by atoms with Crippen LogP contribution in [0.15, 0.2) is 53.4 Å². The highest BCUT2D eigenvalue weighted by molar-refractivity contribution is 7.89. The maximum absolute atomic E-state index is 12.5. The Kier molecular flexibility index (Phi) is 7.90. The summed E-state index contributed by atoms with van der Waals surface area (Å²) in [4.78, 5) is 21.8. The largest absolute Gasteiger partial charge is 0.369 e. The minimum atomic E-state index is -3.96. The Morgan fingerprint density at radius 1 is 1.13 bits per heavy atom. The second-order valence-electron chi connectivity index (χ2n) is 7.16. The summed E-state index contributed by atoms with van der Waals surface area (Å²) >= 11 is 6.04. The van der Waals surface area contributed by atoms with Gasteiger partial charge in [-0.2, -0.15) is 0 Å². The molecule has 168 valence electrons. The number of carbonyl (C=O) groups is 1. The van der Waals surface area contributed by atoms with Gasteiger partial charge in [0.05, 0.1) is 12.1 Å². The molecular weight excluding hydrogens is 440 g/mol. The van der Waals surface area contributed by atoms with Gasteiger partial charge in [0, 0.05) is 57.6 Å². The zero-order valence-electron chi connectivity index (χ0n) is 17.6. The number of halogens is 1. The average Bonchev–Trinajstić information content (AvgIpc) is 2.79. The van der Waals surface area contributed by atoms with E-state index < -0.39 is 10.0 Å². The number of benzene rings is 2.